The number of carbonyl (C=O) groups is 1. The first kappa shape index (κ1) is 13.7. The van der Waals surface area contributed by atoms with Gasteiger partial charge >= 0.3 is 5.97 Å². The Balaban J connectivity index is 2.46. The summed E-state index contributed by atoms with van der Waals surface area (Å²) in [5.74, 6) is -0.841. The maximum absolute atomic E-state index is 12.4. The zero-order valence-corrected chi connectivity index (χ0v) is 11.7. The summed E-state index contributed by atoms with van der Waals surface area (Å²) in [5, 5.41) is 12.6. The molecule has 1 saturated heterocycles. The number of halogens is 1. The average molecular weight is 312 g/mol. The van der Waals surface area contributed by atoms with Gasteiger partial charge in [0.2, 0.25) is 0 Å². The van der Waals surface area contributed by atoms with Gasteiger partial charge in [-0.3, -0.25) is 9.48 Å². The summed E-state index contributed by atoms with van der Waals surface area (Å²) in [4.78, 5) is 11.0. The maximum atomic E-state index is 12.4. The Morgan fingerprint density at radius 2 is 2.33 bits per heavy atom. The largest absolute Gasteiger partial charge is 0.480 e. The highest BCUT2D eigenvalue weighted by atomic mass is 35.5. The van der Waals surface area contributed by atoms with E-state index < -0.39 is 22.0 Å². The second-order valence-corrected chi connectivity index (χ2v) is 6.88. The molecule has 18 heavy (non-hydrogen) atoms. The third-order valence-corrected chi connectivity index (χ3v) is 6.06. The standard InChI is InChI=1S/C8H10ClN3O4S2/c1-11-7(5(9)2-10-11)18(15,16)12-4-17-3-6(12)8(13)14/h2,6H,3-4H2,1H3,(H,13,14). The number of nitrogens with zero attached hydrogens (tertiary/aromatic N) is 3. The molecule has 1 aromatic heterocycles. The van der Waals surface area contributed by atoms with Crippen LogP contribution in [0.3, 0.4) is 0 Å². The number of thioether (sulfide) groups is 1. The molecular weight excluding hydrogens is 302 g/mol. The zero-order valence-electron chi connectivity index (χ0n) is 9.28. The van der Waals surface area contributed by atoms with E-state index in [1.54, 1.807) is 0 Å². The number of aromatic nitrogens is 2. The molecule has 0 bridgehead atoms. The van der Waals surface area contributed by atoms with Crippen LogP contribution in [-0.4, -0.2) is 51.3 Å². The monoisotopic (exact) mass is 311 g/mol. The zero-order chi connectivity index (χ0) is 13.5. The van der Waals surface area contributed by atoms with E-state index in [9.17, 15) is 13.2 Å². The summed E-state index contributed by atoms with van der Waals surface area (Å²) in [6.45, 7) is 0. The lowest BCUT2D eigenvalue weighted by Crippen LogP contribution is -2.42. The van der Waals surface area contributed by atoms with E-state index in [4.69, 9.17) is 16.7 Å². The van der Waals surface area contributed by atoms with Gasteiger partial charge in [0.1, 0.15) is 6.04 Å². The van der Waals surface area contributed by atoms with Crippen molar-refractivity contribution in [3.8, 4) is 0 Å². The molecule has 1 N–H and O–H groups in total. The lowest BCUT2D eigenvalue weighted by atomic mass is 10.4. The molecule has 1 aliphatic heterocycles. The molecule has 1 fully saturated rings. The molecule has 1 atom stereocenters. The predicted octanol–water partition coefficient (Wildman–Crippen LogP) is 0.222. The number of aryl methyl sites for hydroxylation is 1. The molecule has 1 aliphatic rings. The van der Waals surface area contributed by atoms with Crippen molar-refractivity contribution in [2.24, 2.45) is 7.05 Å². The van der Waals surface area contributed by atoms with Crippen LogP contribution in [-0.2, 0) is 21.9 Å². The van der Waals surface area contributed by atoms with Gasteiger partial charge in [0.15, 0.2) is 5.03 Å². The predicted molar refractivity (Wildman–Crippen MR) is 66.0 cm³/mol. The van der Waals surface area contributed by atoms with Crippen molar-refractivity contribution in [1.29, 1.82) is 0 Å². The Bertz CT molecular complexity index is 566. The minimum absolute atomic E-state index is 0.0152. The molecule has 10 heteroatoms. The molecule has 7 nitrogen and oxygen atoms in total. The quantitative estimate of drug-likeness (QED) is 0.858. The van der Waals surface area contributed by atoms with Crippen LogP contribution in [0.4, 0.5) is 0 Å². The van der Waals surface area contributed by atoms with Crippen molar-refractivity contribution >= 4 is 39.4 Å². The lowest BCUT2D eigenvalue weighted by Gasteiger charge is -2.20. The number of hydrogen-bond donors (Lipinski definition) is 1. The molecule has 2 rings (SSSR count). The van der Waals surface area contributed by atoms with Gasteiger partial charge in [-0.1, -0.05) is 11.6 Å². The molecule has 0 aromatic carbocycles. The summed E-state index contributed by atoms with van der Waals surface area (Å²) in [7, 11) is -2.51. The highest BCUT2D eigenvalue weighted by Gasteiger charge is 2.42. The first-order valence-corrected chi connectivity index (χ1v) is 7.83. The van der Waals surface area contributed by atoms with E-state index in [1.165, 1.54) is 25.0 Å². The van der Waals surface area contributed by atoms with Gasteiger partial charge in [-0.25, -0.2) is 8.42 Å². The van der Waals surface area contributed by atoms with Crippen LogP contribution in [0.15, 0.2) is 11.2 Å². The van der Waals surface area contributed by atoms with Crippen molar-refractivity contribution in [3.05, 3.63) is 11.2 Å². The first-order valence-electron chi connectivity index (χ1n) is 4.85. The molecule has 0 spiro atoms. The minimum atomic E-state index is -3.95. The molecule has 100 valence electrons. The van der Waals surface area contributed by atoms with Crippen molar-refractivity contribution in [2.45, 2.75) is 11.1 Å². The molecule has 0 amide bonds. The average Bonchev–Trinajstić information content (AvgIpc) is 2.85. The second-order valence-electron chi connectivity index (χ2n) is 3.67. The van der Waals surface area contributed by atoms with Gasteiger partial charge in [0, 0.05) is 12.8 Å². The van der Waals surface area contributed by atoms with Crippen LogP contribution in [0.1, 0.15) is 0 Å². The Hall–Kier alpha value is -0.770. The van der Waals surface area contributed by atoms with Crippen LogP contribution < -0.4 is 0 Å². The molecular formula is C8H10ClN3O4S2. The maximum Gasteiger partial charge on any atom is 0.322 e. The Morgan fingerprint density at radius 1 is 1.67 bits per heavy atom. The van der Waals surface area contributed by atoms with Crippen molar-refractivity contribution in [1.82, 2.24) is 14.1 Å². The summed E-state index contributed by atoms with van der Waals surface area (Å²) >= 11 is 7.04. The van der Waals surface area contributed by atoms with Crippen LogP contribution in [0.2, 0.25) is 5.02 Å². The van der Waals surface area contributed by atoms with Crippen LogP contribution in [0, 0.1) is 0 Å². The smallest absolute Gasteiger partial charge is 0.322 e. The molecule has 1 unspecified atom stereocenters. The summed E-state index contributed by atoms with van der Waals surface area (Å²) in [6.07, 6.45) is 1.22. The van der Waals surface area contributed by atoms with E-state index in [0.29, 0.717) is 0 Å². The van der Waals surface area contributed by atoms with Gasteiger partial charge in [-0.05, 0) is 0 Å². The van der Waals surface area contributed by atoms with Gasteiger partial charge in [-0.15, -0.1) is 11.8 Å². The molecule has 0 saturated carbocycles. The fourth-order valence-electron chi connectivity index (χ4n) is 1.66. The number of hydrogen-bond acceptors (Lipinski definition) is 5. The number of rotatable bonds is 3. The van der Waals surface area contributed by atoms with Gasteiger partial charge < -0.3 is 5.11 Å². The fraction of sp³-hybridized carbons (Fsp3) is 0.500. The highest BCUT2D eigenvalue weighted by Crippen LogP contribution is 2.31. The van der Waals surface area contributed by atoms with E-state index in [-0.39, 0.29) is 21.7 Å². The van der Waals surface area contributed by atoms with Crippen molar-refractivity contribution in [3.63, 3.8) is 0 Å². The van der Waals surface area contributed by atoms with Crippen molar-refractivity contribution in [2.75, 3.05) is 11.6 Å². The number of aliphatic carboxylic acids is 1. The first-order chi connectivity index (χ1) is 8.35. The SMILES string of the molecule is Cn1ncc(Cl)c1S(=O)(=O)N1CSCC1C(=O)O. The third kappa shape index (κ3) is 2.11. The van der Waals surface area contributed by atoms with Gasteiger partial charge in [-0.2, -0.15) is 9.40 Å². The topological polar surface area (TPSA) is 92.5 Å². The third-order valence-electron chi connectivity index (χ3n) is 2.52. The Labute approximate surface area is 113 Å². The lowest BCUT2D eigenvalue weighted by molar-refractivity contribution is -0.140. The molecule has 2 heterocycles. The second kappa shape index (κ2) is 4.72. The van der Waals surface area contributed by atoms with Gasteiger partial charge in [0.05, 0.1) is 17.1 Å². The normalized spacial score (nSPS) is 21.3. The Morgan fingerprint density at radius 3 is 2.83 bits per heavy atom. The number of carboxylic acid groups (broad SMARTS) is 1. The minimum Gasteiger partial charge on any atom is -0.480 e. The van der Waals surface area contributed by atoms with Crippen LogP contribution >= 0.6 is 23.4 Å². The molecule has 1 aromatic rings. The van der Waals surface area contributed by atoms with E-state index in [1.807, 2.05) is 0 Å². The number of carboxylic acids is 1. The molecule has 0 aliphatic carbocycles. The summed E-state index contributed by atoms with van der Waals surface area (Å²) in [6, 6.07) is -1.06. The summed E-state index contributed by atoms with van der Waals surface area (Å²) < 4.78 is 26.8. The van der Waals surface area contributed by atoms with E-state index in [2.05, 4.69) is 5.10 Å². The van der Waals surface area contributed by atoms with Crippen LogP contribution in [0.5, 0.6) is 0 Å². The van der Waals surface area contributed by atoms with Crippen LogP contribution in [0.25, 0.3) is 0 Å². The summed E-state index contributed by atoms with van der Waals surface area (Å²) in [5.41, 5.74) is 0. The fourth-order valence-corrected chi connectivity index (χ4v) is 5.40. The Kier molecular flexibility index (Phi) is 3.58. The number of sulfonamides is 1. The van der Waals surface area contributed by atoms with Gasteiger partial charge in [0.25, 0.3) is 10.0 Å². The molecule has 0 radical (unpaired) electrons. The van der Waals surface area contributed by atoms with E-state index >= 15 is 0 Å². The highest BCUT2D eigenvalue weighted by molar-refractivity contribution is 8.00. The van der Waals surface area contributed by atoms with Crippen molar-refractivity contribution < 1.29 is 18.3 Å². The van der Waals surface area contributed by atoms with E-state index in [0.717, 1.165) is 8.99 Å².